The summed E-state index contributed by atoms with van der Waals surface area (Å²) in [6.45, 7) is 6.44. The van der Waals surface area contributed by atoms with Crippen molar-refractivity contribution in [2.24, 2.45) is 0 Å². The number of halogens is 1. The van der Waals surface area contributed by atoms with E-state index in [4.69, 9.17) is 17.0 Å². The van der Waals surface area contributed by atoms with Crippen LogP contribution in [0.3, 0.4) is 0 Å². The van der Waals surface area contributed by atoms with Crippen LogP contribution in [0.2, 0.25) is 0 Å². The second-order valence-corrected chi connectivity index (χ2v) is 9.57. The van der Waals surface area contributed by atoms with E-state index in [2.05, 4.69) is 4.90 Å². The lowest BCUT2D eigenvalue weighted by molar-refractivity contribution is -0.122. The number of nitriles is 1. The maximum atomic E-state index is 13.3. The van der Waals surface area contributed by atoms with Gasteiger partial charge in [0, 0.05) is 25.2 Å². The number of ether oxygens (including phenoxy) is 1. The lowest BCUT2D eigenvalue weighted by Crippen LogP contribution is -2.41. The predicted molar refractivity (Wildman–Crippen MR) is 134 cm³/mol. The topological polar surface area (TPSA) is 78.6 Å². The number of benzene rings is 1. The Labute approximate surface area is 206 Å². The molecule has 0 radical (unpaired) electrons. The van der Waals surface area contributed by atoms with Crippen molar-refractivity contribution in [1.82, 2.24) is 9.47 Å². The predicted octanol–water partition coefficient (Wildman–Crippen LogP) is 3.43. The molecule has 176 valence electrons. The standard InChI is InChI=1S/C24H23FN4O3S2/c1-3-28-21(27-8-10-32-11-9-27)18(15(2)19(13-26)22(28)30)12-20-23(31)29(24(33)34-20)14-16-4-6-17(25)7-5-16/h4-7,12H,3,8-11,14H2,1-2H3. The van der Waals surface area contributed by atoms with Crippen LogP contribution in [0.1, 0.15) is 29.2 Å². The number of thiocarbonyl (C=S) groups is 1. The number of anilines is 1. The zero-order valence-electron chi connectivity index (χ0n) is 18.8. The molecule has 2 aliphatic heterocycles. The summed E-state index contributed by atoms with van der Waals surface area (Å²) in [5.41, 5.74) is 1.66. The molecule has 3 heterocycles. The van der Waals surface area contributed by atoms with Crippen LogP contribution in [-0.2, 0) is 22.6 Å². The molecule has 4 rings (SSSR count). The molecule has 2 fully saturated rings. The summed E-state index contributed by atoms with van der Waals surface area (Å²) < 4.78 is 20.7. The average Bonchev–Trinajstić information content (AvgIpc) is 3.10. The molecule has 0 bridgehead atoms. The maximum Gasteiger partial charge on any atom is 0.270 e. The van der Waals surface area contributed by atoms with Gasteiger partial charge in [-0.3, -0.25) is 19.1 Å². The smallest absolute Gasteiger partial charge is 0.270 e. The van der Waals surface area contributed by atoms with Crippen LogP contribution in [0.25, 0.3) is 6.08 Å². The number of amides is 1. The molecule has 0 N–H and O–H groups in total. The molecule has 0 spiro atoms. The van der Waals surface area contributed by atoms with Crippen LogP contribution in [0.5, 0.6) is 0 Å². The zero-order chi connectivity index (χ0) is 24.4. The van der Waals surface area contributed by atoms with E-state index in [1.165, 1.54) is 28.8 Å². The highest BCUT2D eigenvalue weighted by Crippen LogP contribution is 2.36. The monoisotopic (exact) mass is 498 g/mol. The summed E-state index contributed by atoms with van der Waals surface area (Å²) in [5.74, 6) is 0.0648. The number of rotatable bonds is 5. The Morgan fingerprint density at radius 1 is 1.24 bits per heavy atom. The average molecular weight is 499 g/mol. The molecule has 1 amide bonds. The fourth-order valence-electron chi connectivity index (χ4n) is 4.09. The quantitative estimate of drug-likeness (QED) is 0.462. The summed E-state index contributed by atoms with van der Waals surface area (Å²) in [7, 11) is 0. The van der Waals surface area contributed by atoms with E-state index in [1.54, 1.807) is 29.7 Å². The molecule has 1 aromatic carbocycles. The molecule has 7 nitrogen and oxygen atoms in total. The van der Waals surface area contributed by atoms with Crippen molar-refractivity contribution < 1.29 is 13.9 Å². The van der Waals surface area contributed by atoms with Gasteiger partial charge >= 0.3 is 0 Å². The number of aromatic nitrogens is 1. The molecule has 34 heavy (non-hydrogen) atoms. The van der Waals surface area contributed by atoms with Gasteiger partial charge in [0.1, 0.15) is 27.6 Å². The highest BCUT2D eigenvalue weighted by Gasteiger charge is 2.33. The van der Waals surface area contributed by atoms with Crippen LogP contribution in [0, 0.1) is 24.1 Å². The normalized spacial score (nSPS) is 17.5. The van der Waals surface area contributed by atoms with E-state index in [9.17, 15) is 19.2 Å². The Kier molecular flexibility index (Phi) is 7.16. The van der Waals surface area contributed by atoms with Gasteiger partial charge in [-0.05, 0) is 43.2 Å². The van der Waals surface area contributed by atoms with E-state index in [-0.39, 0.29) is 29.4 Å². The Morgan fingerprint density at radius 2 is 1.91 bits per heavy atom. The number of hydrogen-bond acceptors (Lipinski definition) is 7. The van der Waals surface area contributed by atoms with Gasteiger partial charge in [-0.2, -0.15) is 5.26 Å². The first kappa shape index (κ1) is 24.1. The number of morpholine rings is 1. The number of pyridine rings is 1. The van der Waals surface area contributed by atoms with Crippen molar-refractivity contribution in [3.05, 3.63) is 67.6 Å². The highest BCUT2D eigenvalue weighted by molar-refractivity contribution is 8.26. The van der Waals surface area contributed by atoms with Crippen molar-refractivity contribution in [3.8, 4) is 6.07 Å². The molecule has 2 aliphatic rings. The van der Waals surface area contributed by atoms with Crippen molar-refractivity contribution in [1.29, 1.82) is 5.26 Å². The fourth-order valence-corrected chi connectivity index (χ4v) is 5.33. The Hall–Kier alpha value is -3.00. The van der Waals surface area contributed by atoms with Gasteiger partial charge in [0.2, 0.25) is 0 Å². The van der Waals surface area contributed by atoms with Crippen LogP contribution in [-0.4, -0.2) is 46.0 Å². The third-order valence-electron chi connectivity index (χ3n) is 5.88. The van der Waals surface area contributed by atoms with Gasteiger partial charge in [0.05, 0.1) is 24.7 Å². The van der Waals surface area contributed by atoms with Crippen molar-refractivity contribution in [2.45, 2.75) is 26.9 Å². The third kappa shape index (κ3) is 4.51. The van der Waals surface area contributed by atoms with Crippen molar-refractivity contribution >= 4 is 46.1 Å². The molecule has 2 aromatic rings. The van der Waals surface area contributed by atoms with Gasteiger partial charge in [-0.1, -0.05) is 36.1 Å². The largest absolute Gasteiger partial charge is 0.378 e. The van der Waals surface area contributed by atoms with Crippen LogP contribution >= 0.6 is 24.0 Å². The molecular formula is C24H23FN4O3S2. The number of carbonyl (C=O) groups is 1. The molecule has 0 atom stereocenters. The van der Waals surface area contributed by atoms with Gasteiger partial charge in [-0.25, -0.2) is 4.39 Å². The summed E-state index contributed by atoms with van der Waals surface area (Å²) >= 11 is 6.64. The SMILES string of the molecule is CCn1c(N2CCOCC2)c(C=C2SC(=S)N(Cc3ccc(F)cc3)C2=O)c(C)c(C#N)c1=O. The summed E-state index contributed by atoms with van der Waals surface area (Å²) in [6.07, 6.45) is 1.73. The number of carbonyl (C=O) groups excluding carboxylic acids is 1. The number of hydrogen-bond donors (Lipinski definition) is 0. The highest BCUT2D eigenvalue weighted by atomic mass is 32.2. The van der Waals surface area contributed by atoms with E-state index in [0.29, 0.717) is 59.0 Å². The van der Waals surface area contributed by atoms with Gasteiger partial charge in [0.15, 0.2) is 0 Å². The van der Waals surface area contributed by atoms with Gasteiger partial charge < -0.3 is 9.64 Å². The minimum absolute atomic E-state index is 0.0619. The molecule has 1 aromatic heterocycles. The molecule has 10 heteroatoms. The first-order chi connectivity index (χ1) is 16.3. The second-order valence-electron chi connectivity index (χ2n) is 7.89. The number of thioether (sulfide) groups is 1. The number of nitrogens with zero attached hydrogens (tertiary/aromatic N) is 4. The second kappa shape index (κ2) is 10.1. The van der Waals surface area contributed by atoms with Crippen LogP contribution in [0.4, 0.5) is 10.2 Å². The minimum Gasteiger partial charge on any atom is -0.378 e. The summed E-state index contributed by atoms with van der Waals surface area (Å²) in [5, 5.41) is 9.68. The Balaban J connectivity index is 1.79. The Morgan fingerprint density at radius 3 is 2.53 bits per heavy atom. The molecule has 0 aliphatic carbocycles. The first-order valence-corrected chi connectivity index (χ1v) is 12.1. The zero-order valence-corrected chi connectivity index (χ0v) is 20.5. The lowest BCUT2D eigenvalue weighted by Gasteiger charge is -2.33. The molecule has 0 unspecified atom stereocenters. The fraction of sp³-hybridized carbons (Fsp3) is 0.333. The van der Waals surface area contributed by atoms with E-state index >= 15 is 0 Å². The van der Waals surface area contributed by atoms with Crippen LogP contribution < -0.4 is 10.5 Å². The summed E-state index contributed by atoms with van der Waals surface area (Å²) in [6, 6.07) is 7.97. The van der Waals surface area contributed by atoms with Gasteiger partial charge in [0.25, 0.3) is 11.5 Å². The Bertz CT molecular complexity index is 1280. The third-order valence-corrected chi connectivity index (χ3v) is 7.25. The molecule has 0 saturated carbocycles. The van der Waals surface area contributed by atoms with Crippen molar-refractivity contribution in [2.75, 3.05) is 31.2 Å². The van der Waals surface area contributed by atoms with E-state index in [0.717, 1.165) is 5.56 Å². The molecular weight excluding hydrogens is 475 g/mol. The minimum atomic E-state index is -0.348. The molecule has 2 saturated heterocycles. The van der Waals surface area contributed by atoms with Gasteiger partial charge in [-0.15, -0.1) is 0 Å². The lowest BCUT2D eigenvalue weighted by atomic mass is 10.0. The van der Waals surface area contributed by atoms with E-state index in [1.807, 2.05) is 13.0 Å². The maximum absolute atomic E-state index is 13.3. The first-order valence-electron chi connectivity index (χ1n) is 10.9. The summed E-state index contributed by atoms with van der Waals surface area (Å²) in [4.78, 5) is 30.3. The van der Waals surface area contributed by atoms with E-state index < -0.39 is 0 Å². The van der Waals surface area contributed by atoms with Crippen molar-refractivity contribution in [3.63, 3.8) is 0 Å². The van der Waals surface area contributed by atoms with Crippen LogP contribution in [0.15, 0.2) is 34.0 Å².